The van der Waals surface area contributed by atoms with Crippen molar-refractivity contribution >= 4 is 17.9 Å². The van der Waals surface area contributed by atoms with Gasteiger partial charge in [-0.25, -0.2) is 0 Å². The lowest BCUT2D eigenvalue weighted by Gasteiger charge is -2.18. The molecule has 0 fully saturated rings. The molecule has 0 N–H and O–H groups in total. The zero-order valence-electron chi connectivity index (χ0n) is 42.2. The Morgan fingerprint density at radius 1 is 0.338 bits per heavy atom. The summed E-state index contributed by atoms with van der Waals surface area (Å²) in [6.45, 7) is 6.42. The summed E-state index contributed by atoms with van der Waals surface area (Å²) in [6, 6.07) is 0. The van der Waals surface area contributed by atoms with Crippen molar-refractivity contribution in [1.29, 1.82) is 0 Å². The van der Waals surface area contributed by atoms with E-state index in [1.54, 1.807) is 0 Å². The summed E-state index contributed by atoms with van der Waals surface area (Å²) >= 11 is 0. The lowest BCUT2D eigenvalue weighted by molar-refractivity contribution is -0.167. The number of carbonyl (C=O) groups excluding carboxylic acids is 3. The molecule has 0 saturated heterocycles. The van der Waals surface area contributed by atoms with Crippen LogP contribution in [0.4, 0.5) is 0 Å². The Balaban J connectivity index is 4.47. The van der Waals surface area contributed by atoms with E-state index in [-0.39, 0.29) is 31.1 Å². The van der Waals surface area contributed by atoms with Crippen LogP contribution in [0.1, 0.15) is 239 Å². The Bertz CT molecular complexity index is 1310. The fraction of sp³-hybridized carbons (Fsp3) is 0.678. The summed E-state index contributed by atoms with van der Waals surface area (Å²) in [7, 11) is 0. The van der Waals surface area contributed by atoms with Crippen molar-refractivity contribution in [2.45, 2.75) is 245 Å². The first-order valence-corrected chi connectivity index (χ1v) is 26.8. The highest BCUT2D eigenvalue weighted by Crippen LogP contribution is 2.13. The van der Waals surface area contributed by atoms with Crippen molar-refractivity contribution in [1.82, 2.24) is 0 Å². The third-order valence-corrected chi connectivity index (χ3v) is 11.1. The Kier molecular flexibility index (Phi) is 50.0. The van der Waals surface area contributed by atoms with Crippen molar-refractivity contribution in [3.8, 4) is 0 Å². The van der Waals surface area contributed by atoms with Gasteiger partial charge in [-0.2, -0.15) is 0 Å². The molecule has 0 radical (unpaired) electrons. The van der Waals surface area contributed by atoms with Crippen LogP contribution in [0.3, 0.4) is 0 Å². The third-order valence-electron chi connectivity index (χ3n) is 11.1. The van der Waals surface area contributed by atoms with Crippen LogP contribution in [-0.4, -0.2) is 37.2 Å². The van der Waals surface area contributed by atoms with Gasteiger partial charge < -0.3 is 14.2 Å². The summed E-state index contributed by atoms with van der Waals surface area (Å²) in [5.74, 6) is -0.973. The first kappa shape index (κ1) is 61.3. The molecule has 0 aromatic heterocycles. The van der Waals surface area contributed by atoms with Gasteiger partial charge in [-0.05, 0) is 109 Å². The molecule has 65 heavy (non-hydrogen) atoms. The third kappa shape index (κ3) is 51.2. The average Bonchev–Trinajstić information content (AvgIpc) is 3.30. The Morgan fingerprint density at radius 2 is 0.662 bits per heavy atom. The summed E-state index contributed by atoms with van der Waals surface area (Å²) in [4.78, 5) is 38.0. The second kappa shape index (κ2) is 52.9. The summed E-state index contributed by atoms with van der Waals surface area (Å²) < 4.78 is 16.8. The highest BCUT2D eigenvalue weighted by atomic mass is 16.6. The van der Waals surface area contributed by atoms with Crippen molar-refractivity contribution < 1.29 is 28.6 Å². The molecule has 0 aliphatic carbocycles. The summed E-state index contributed by atoms with van der Waals surface area (Å²) in [6.07, 6.45) is 69.6. The molecule has 0 aliphatic rings. The van der Waals surface area contributed by atoms with Gasteiger partial charge in [-0.3, -0.25) is 14.4 Å². The molecule has 0 aromatic carbocycles. The lowest BCUT2D eigenvalue weighted by Crippen LogP contribution is -2.30. The monoisotopic (exact) mass is 903 g/mol. The number of ether oxygens (including phenoxy) is 3. The van der Waals surface area contributed by atoms with Gasteiger partial charge in [0.05, 0.1) is 0 Å². The van der Waals surface area contributed by atoms with E-state index in [1.165, 1.54) is 83.5 Å². The quantitative estimate of drug-likeness (QED) is 0.0199. The van der Waals surface area contributed by atoms with E-state index < -0.39 is 6.10 Å². The number of allylic oxidation sites excluding steroid dienone is 16. The number of unbranched alkanes of at least 4 members (excludes halogenated alkanes) is 22. The first-order chi connectivity index (χ1) is 32.0. The number of esters is 3. The van der Waals surface area contributed by atoms with Gasteiger partial charge in [0, 0.05) is 19.3 Å². The average molecular weight is 903 g/mol. The number of rotatable bonds is 47. The molecule has 0 heterocycles. The Hall–Kier alpha value is -3.67. The fourth-order valence-electron chi connectivity index (χ4n) is 7.07. The normalized spacial score (nSPS) is 12.8. The second-order valence-corrected chi connectivity index (χ2v) is 17.5. The molecule has 1 atom stereocenters. The highest BCUT2D eigenvalue weighted by Gasteiger charge is 2.19. The van der Waals surface area contributed by atoms with Crippen molar-refractivity contribution in [2.24, 2.45) is 0 Å². The maximum Gasteiger partial charge on any atom is 0.306 e. The predicted molar refractivity (Wildman–Crippen MR) is 279 cm³/mol. The molecule has 1 unspecified atom stereocenters. The van der Waals surface area contributed by atoms with Crippen molar-refractivity contribution in [3.63, 3.8) is 0 Å². The highest BCUT2D eigenvalue weighted by molar-refractivity contribution is 5.71. The van der Waals surface area contributed by atoms with E-state index in [4.69, 9.17) is 14.2 Å². The largest absolute Gasteiger partial charge is 0.462 e. The SMILES string of the molecule is CC/C=C\C/C=C\C/C=C\CCCCC(=O)OCC(COC(=O)CCCCCCC\C=C/C=C\C=C/CCCCCCC)OC(=O)CCCCCCCCC/C=C\C/C=C\CCCCC. The smallest absolute Gasteiger partial charge is 0.306 e. The molecule has 0 aromatic rings. The molecule has 0 spiro atoms. The van der Waals surface area contributed by atoms with Gasteiger partial charge in [0.25, 0.3) is 0 Å². The molecular weight excluding hydrogens is 805 g/mol. The van der Waals surface area contributed by atoms with E-state index in [2.05, 4.69) is 118 Å². The fourth-order valence-corrected chi connectivity index (χ4v) is 7.07. The molecule has 6 heteroatoms. The van der Waals surface area contributed by atoms with Crippen LogP contribution < -0.4 is 0 Å². The summed E-state index contributed by atoms with van der Waals surface area (Å²) in [5, 5.41) is 0. The molecule has 0 bridgehead atoms. The zero-order valence-corrected chi connectivity index (χ0v) is 42.2. The van der Waals surface area contributed by atoms with Gasteiger partial charge in [-0.1, -0.05) is 208 Å². The van der Waals surface area contributed by atoms with Crippen molar-refractivity contribution in [3.05, 3.63) is 97.2 Å². The van der Waals surface area contributed by atoms with E-state index in [0.717, 1.165) is 116 Å². The lowest BCUT2D eigenvalue weighted by atomic mass is 10.1. The number of carbonyl (C=O) groups is 3. The van der Waals surface area contributed by atoms with Gasteiger partial charge in [0.15, 0.2) is 6.10 Å². The number of hydrogen-bond acceptors (Lipinski definition) is 6. The molecular formula is C59H98O6. The number of hydrogen-bond donors (Lipinski definition) is 0. The molecule has 0 rings (SSSR count). The molecule has 0 saturated carbocycles. The van der Waals surface area contributed by atoms with Crippen LogP contribution in [0, 0.1) is 0 Å². The van der Waals surface area contributed by atoms with Crippen LogP contribution >= 0.6 is 0 Å². The predicted octanol–water partition coefficient (Wildman–Crippen LogP) is 17.8. The zero-order chi connectivity index (χ0) is 47.2. The minimum Gasteiger partial charge on any atom is -0.462 e. The first-order valence-electron chi connectivity index (χ1n) is 26.8. The van der Waals surface area contributed by atoms with E-state index in [9.17, 15) is 14.4 Å². The van der Waals surface area contributed by atoms with Gasteiger partial charge in [-0.15, -0.1) is 0 Å². The molecule has 0 amide bonds. The van der Waals surface area contributed by atoms with Crippen molar-refractivity contribution in [2.75, 3.05) is 13.2 Å². The van der Waals surface area contributed by atoms with Crippen LogP contribution in [0.25, 0.3) is 0 Å². The second-order valence-electron chi connectivity index (χ2n) is 17.5. The van der Waals surface area contributed by atoms with Gasteiger partial charge in [0.2, 0.25) is 0 Å². The topological polar surface area (TPSA) is 78.9 Å². The Labute approximate surface area is 400 Å². The van der Waals surface area contributed by atoms with E-state index >= 15 is 0 Å². The van der Waals surface area contributed by atoms with E-state index in [0.29, 0.717) is 19.3 Å². The standard InChI is InChI=1S/C59H98O6/c1-4-7-10-13-16-19-22-25-27-29-31-32-34-37-40-43-46-49-52-58(61)64-55-56(54-63-57(60)51-48-45-42-39-36-24-21-18-15-12-9-6-3)65-59(62)53-50-47-44-41-38-35-33-30-28-26-23-20-17-14-11-8-5-2/h9,12,17-18,20-22,25-29,31-32,36,39,56H,4-8,10-11,13-16,19,23-24,30,33-35,37-38,40-55H2,1-3H3/b12-9-,20-17-,21-18-,25-22-,28-26-,29-27-,32-31-,39-36-. The molecule has 6 nitrogen and oxygen atoms in total. The van der Waals surface area contributed by atoms with Crippen LogP contribution in [-0.2, 0) is 28.6 Å². The minimum absolute atomic E-state index is 0.105. The minimum atomic E-state index is -0.807. The molecule has 370 valence electrons. The maximum absolute atomic E-state index is 12.8. The summed E-state index contributed by atoms with van der Waals surface area (Å²) in [5.41, 5.74) is 0. The van der Waals surface area contributed by atoms with E-state index in [1.807, 2.05) is 0 Å². The van der Waals surface area contributed by atoms with Crippen LogP contribution in [0.15, 0.2) is 97.2 Å². The van der Waals surface area contributed by atoms with Gasteiger partial charge in [0.1, 0.15) is 13.2 Å². The molecule has 0 aliphatic heterocycles. The van der Waals surface area contributed by atoms with Gasteiger partial charge >= 0.3 is 17.9 Å². The Morgan fingerprint density at radius 3 is 1.12 bits per heavy atom. The van der Waals surface area contributed by atoms with Crippen LogP contribution in [0.5, 0.6) is 0 Å². The van der Waals surface area contributed by atoms with Crippen LogP contribution in [0.2, 0.25) is 0 Å². The maximum atomic E-state index is 12.8.